The zero-order valence-electron chi connectivity index (χ0n) is 12.6. The Morgan fingerprint density at radius 3 is 2.52 bits per heavy atom. The topological polar surface area (TPSA) is 27.7 Å². The molecule has 0 aliphatic carbocycles. The third kappa shape index (κ3) is 1.81. The van der Waals surface area contributed by atoms with Crippen LogP contribution in [0.1, 0.15) is 23.0 Å². The van der Waals surface area contributed by atoms with Gasteiger partial charge in [0.1, 0.15) is 0 Å². The quantitative estimate of drug-likeness (QED) is 0.677. The summed E-state index contributed by atoms with van der Waals surface area (Å²) in [6, 6.07) is 22.7. The minimum absolute atomic E-state index is 0.406. The molecule has 0 N–H and O–H groups in total. The third-order valence-electron chi connectivity index (χ3n) is 4.63. The Morgan fingerprint density at radius 2 is 1.65 bits per heavy atom. The van der Waals surface area contributed by atoms with E-state index in [1.165, 1.54) is 10.8 Å². The van der Waals surface area contributed by atoms with Gasteiger partial charge in [-0.25, -0.2) is 0 Å². The summed E-state index contributed by atoms with van der Waals surface area (Å²) < 4.78 is 18.6. The van der Waals surface area contributed by atoms with E-state index in [2.05, 4.69) is 48.5 Å². The summed E-state index contributed by atoms with van der Waals surface area (Å²) in [5.74, 6) is -0.906. The smallest absolute Gasteiger partial charge is 0.225 e. The molecule has 0 saturated carbocycles. The molecule has 2 aliphatic rings. The van der Waals surface area contributed by atoms with Crippen molar-refractivity contribution in [2.45, 2.75) is 12.1 Å². The van der Waals surface area contributed by atoms with Crippen molar-refractivity contribution in [3.05, 3.63) is 83.4 Å². The molecule has 2 bridgehead atoms. The van der Waals surface area contributed by atoms with Crippen LogP contribution in [0.5, 0.6) is 0 Å². The minimum Gasteiger partial charge on any atom is -0.346 e. The Kier molecular flexibility index (Phi) is 2.82. The van der Waals surface area contributed by atoms with E-state index in [4.69, 9.17) is 14.2 Å². The highest BCUT2D eigenvalue weighted by Crippen LogP contribution is 2.49. The molecule has 1 fully saturated rings. The number of hydrogen-bond acceptors (Lipinski definition) is 3. The van der Waals surface area contributed by atoms with Crippen LogP contribution >= 0.6 is 0 Å². The maximum Gasteiger partial charge on any atom is 0.225 e. The summed E-state index contributed by atoms with van der Waals surface area (Å²) in [6.07, 6.45) is -0.406. The fourth-order valence-electron chi connectivity index (χ4n) is 3.66. The van der Waals surface area contributed by atoms with Gasteiger partial charge in [0.2, 0.25) is 5.79 Å². The first kappa shape index (κ1) is 13.3. The third-order valence-corrected chi connectivity index (χ3v) is 4.63. The molecule has 1 saturated heterocycles. The largest absolute Gasteiger partial charge is 0.346 e. The number of ether oxygens (including phenoxy) is 3. The predicted molar refractivity (Wildman–Crippen MR) is 86.9 cm³/mol. The van der Waals surface area contributed by atoms with Crippen LogP contribution in [0, 0.1) is 0 Å². The number of fused-ring (bicyclic) bond motifs is 4. The zero-order chi connectivity index (χ0) is 15.3. The van der Waals surface area contributed by atoms with E-state index >= 15 is 0 Å². The molecule has 3 aromatic carbocycles. The van der Waals surface area contributed by atoms with Crippen molar-refractivity contribution in [1.29, 1.82) is 0 Å². The number of hydrogen-bond donors (Lipinski definition) is 0. The van der Waals surface area contributed by atoms with Gasteiger partial charge in [0.25, 0.3) is 0 Å². The molecule has 0 radical (unpaired) electrons. The first-order valence-electron chi connectivity index (χ1n) is 7.89. The van der Waals surface area contributed by atoms with Crippen molar-refractivity contribution in [2.75, 3.05) is 13.2 Å². The van der Waals surface area contributed by atoms with Crippen LogP contribution < -0.4 is 0 Å². The normalized spacial score (nSPS) is 26.0. The lowest BCUT2D eigenvalue weighted by Gasteiger charge is -2.39. The number of benzene rings is 3. The van der Waals surface area contributed by atoms with Crippen LogP contribution in [0.3, 0.4) is 0 Å². The summed E-state index contributed by atoms with van der Waals surface area (Å²) in [6.45, 7) is 1.01. The van der Waals surface area contributed by atoms with Crippen molar-refractivity contribution in [2.24, 2.45) is 0 Å². The summed E-state index contributed by atoms with van der Waals surface area (Å²) in [5.41, 5.74) is 3.13. The average molecular weight is 304 g/mol. The summed E-state index contributed by atoms with van der Waals surface area (Å²) >= 11 is 0. The van der Waals surface area contributed by atoms with Gasteiger partial charge in [0, 0.05) is 16.7 Å². The first-order valence-corrected chi connectivity index (χ1v) is 7.89. The van der Waals surface area contributed by atoms with Crippen LogP contribution in [0.4, 0.5) is 0 Å². The Morgan fingerprint density at radius 1 is 0.826 bits per heavy atom. The van der Waals surface area contributed by atoms with Gasteiger partial charge in [0.15, 0.2) is 6.29 Å². The Bertz CT molecular complexity index is 869. The van der Waals surface area contributed by atoms with Crippen molar-refractivity contribution in [3.63, 3.8) is 0 Å². The number of rotatable bonds is 1. The van der Waals surface area contributed by atoms with E-state index in [1.807, 2.05) is 18.2 Å². The van der Waals surface area contributed by atoms with Gasteiger partial charge in [-0.3, -0.25) is 0 Å². The summed E-state index contributed by atoms with van der Waals surface area (Å²) in [4.78, 5) is 0. The van der Waals surface area contributed by atoms with E-state index < -0.39 is 12.1 Å². The van der Waals surface area contributed by atoms with E-state index in [-0.39, 0.29) is 0 Å². The maximum absolute atomic E-state index is 6.39. The van der Waals surface area contributed by atoms with E-state index in [9.17, 15) is 0 Å². The molecule has 3 nitrogen and oxygen atoms in total. The lowest BCUT2D eigenvalue weighted by molar-refractivity contribution is -0.269. The Hall–Kier alpha value is -2.20. The molecule has 2 atom stereocenters. The molecule has 0 spiro atoms. The van der Waals surface area contributed by atoms with Crippen LogP contribution in [0.25, 0.3) is 10.8 Å². The Labute approximate surface area is 134 Å². The molecule has 2 aliphatic heterocycles. The summed E-state index contributed by atoms with van der Waals surface area (Å²) in [7, 11) is 0. The molecule has 0 amide bonds. The molecular formula is C20H16O3. The van der Waals surface area contributed by atoms with Gasteiger partial charge in [-0.2, -0.15) is 0 Å². The van der Waals surface area contributed by atoms with Gasteiger partial charge in [-0.1, -0.05) is 66.7 Å². The molecule has 3 heteroatoms. The average Bonchev–Trinajstić information content (AvgIpc) is 2.82. The van der Waals surface area contributed by atoms with E-state index in [0.717, 1.165) is 16.7 Å². The second-order valence-corrected chi connectivity index (χ2v) is 5.90. The highest BCUT2D eigenvalue weighted by atomic mass is 16.8. The highest BCUT2D eigenvalue weighted by molar-refractivity contribution is 5.90. The monoisotopic (exact) mass is 304 g/mol. The van der Waals surface area contributed by atoms with Crippen LogP contribution in [0.2, 0.25) is 0 Å². The van der Waals surface area contributed by atoms with Gasteiger partial charge >= 0.3 is 0 Å². The van der Waals surface area contributed by atoms with Crippen molar-refractivity contribution < 1.29 is 14.2 Å². The van der Waals surface area contributed by atoms with E-state index in [0.29, 0.717) is 13.2 Å². The predicted octanol–water partition coefficient (Wildman–Crippen LogP) is 4.12. The molecule has 0 aromatic heterocycles. The molecule has 2 heterocycles. The minimum atomic E-state index is -0.906. The van der Waals surface area contributed by atoms with Gasteiger partial charge < -0.3 is 14.2 Å². The Balaban J connectivity index is 1.89. The van der Waals surface area contributed by atoms with Crippen molar-refractivity contribution >= 4 is 10.8 Å². The molecule has 5 rings (SSSR count). The highest BCUT2D eigenvalue weighted by Gasteiger charge is 2.46. The van der Waals surface area contributed by atoms with Gasteiger partial charge in [0.05, 0.1) is 13.2 Å². The molecule has 3 aromatic rings. The van der Waals surface area contributed by atoms with Gasteiger partial charge in [-0.05, 0) is 10.8 Å². The van der Waals surface area contributed by atoms with Gasteiger partial charge in [-0.15, -0.1) is 0 Å². The lowest BCUT2D eigenvalue weighted by atomic mass is 9.87. The fraction of sp³-hybridized carbons (Fsp3) is 0.200. The maximum atomic E-state index is 6.39. The van der Waals surface area contributed by atoms with Crippen molar-refractivity contribution in [1.82, 2.24) is 0 Å². The second kappa shape index (κ2) is 4.90. The molecule has 114 valence electrons. The molecular weight excluding hydrogens is 288 g/mol. The van der Waals surface area contributed by atoms with Crippen LogP contribution in [-0.2, 0) is 20.0 Å². The molecule has 23 heavy (non-hydrogen) atoms. The summed E-state index contributed by atoms with van der Waals surface area (Å²) in [5, 5.41) is 2.36. The fourth-order valence-corrected chi connectivity index (χ4v) is 3.66. The SMILES string of the molecule is c1ccc(C23OCCOC(O2)c2cccc4cccc3c24)cc1. The standard InChI is InChI=1S/C20H16O3/c1-2-8-15(9-3-1)20-17-11-5-7-14-6-4-10-16(18(14)17)19(23-20)21-12-13-22-20/h1-11,19H,12-13H2. The zero-order valence-corrected chi connectivity index (χ0v) is 12.6. The van der Waals surface area contributed by atoms with Crippen molar-refractivity contribution in [3.8, 4) is 0 Å². The van der Waals surface area contributed by atoms with E-state index in [1.54, 1.807) is 0 Å². The lowest BCUT2D eigenvalue weighted by Crippen LogP contribution is -2.37. The van der Waals surface area contributed by atoms with Crippen LogP contribution in [0.15, 0.2) is 66.7 Å². The second-order valence-electron chi connectivity index (χ2n) is 5.90. The molecule has 2 unspecified atom stereocenters. The first-order chi connectivity index (χ1) is 11.4. The van der Waals surface area contributed by atoms with Crippen LogP contribution in [-0.4, -0.2) is 13.2 Å².